The molecule has 0 saturated carbocycles. The molecule has 1 heterocycles. The maximum Gasteiger partial charge on any atom is 0.141 e. The molecule has 2 rings (SSSR count). The number of aliphatic hydroxyl groups excluding tert-OH is 1. The predicted molar refractivity (Wildman–Crippen MR) is 54.7 cm³/mol. The molecule has 0 radical (unpaired) electrons. The molecule has 76 valence electrons. The van der Waals surface area contributed by atoms with Gasteiger partial charge in [0.25, 0.3) is 0 Å². The van der Waals surface area contributed by atoms with Gasteiger partial charge in [-0.05, 0) is 11.6 Å². The summed E-state index contributed by atoms with van der Waals surface area (Å²) < 4.78 is 12.9. The van der Waals surface area contributed by atoms with Crippen molar-refractivity contribution in [3.8, 4) is 0 Å². The normalized spacial score (nSPS) is 12.4. The van der Waals surface area contributed by atoms with Crippen molar-refractivity contribution in [2.75, 3.05) is 0 Å². The van der Waals surface area contributed by atoms with Crippen LogP contribution in [-0.4, -0.2) is 10.1 Å². The Morgan fingerprint density at radius 2 is 1.80 bits per heavy atom. The third-order valence-electron chi connectivity index (χ3n) is 2.16. The second-order valence-corrected chi connectivity index (χ2v) is 3.25. The lowest BCUT2D eigenvalue weighted by molar-refractivity contribution is 0.219. The number of hydrogen-bond acceptors (Lipinski definition) is 2. The SMILES string of the molecule is OC(c1ccccc1)c1cncc(F)c1. The first-order chi connectivity index (χ1) is 7.27. The van der Waals surface area contributed by atoms with Crippen molar-refractivity contribution in [1.82, 2.24) is 4.98 Å². The van der Waals surface area contributed by atoms with Crippen molar-refractivity contribution in [2.45, 2.75) is 6.10 Å². The van der Waals surface area contributed by atoms with Crippen LogP contribution in [0.4, 0.5) is 4.39 Å². The molecule has 0 aliphatic carbocycles. The van der Waals surface area contributed by atoms with Gasteiger partial charge in [-0.2, -0.15) is 0 Å². The maximum atomic E-state index is 12.9. The third-order valence-corrected chi connectivity index (χ3v) is 2.16. The lowest BCUT2D eigenvalue weighted by atomic mass is 10.0. The van der Waals surface area contributed by atoms with E-state index >= 15 is 0 Å². The Kier molecular flexibility index (Phi) is 2.74. The Bertz CT molecular complexity index is 444. The van der Waals surface area contributed by atoms with E-state index in [0.717, 1.165) is 11.8 Å². The molecule has 3 heteroatoms. The largest absolute Gasteiger partial charge is 0.384 e. The first kappa shape index (κ1) is 9.80. The molecule has 0 amide bonds. The quantitative estimate of drug-likeness (QED) is 0.812. The van der Waals surface area contributed by atoms with Gasteiger partial charge in [-0.3, -0.25) is 4.98 Å². The van der Waals surface area contributed by atoms with Crippen LogP contribution in [0.5, 0.6) is 0 Å². The lowest BCUT2D eigenvalue weighted by Crippen LogP contribution is -2.00. The van der Waals surface area contributed by atoms with Gasteiger partial charge in [0, 0.05) is 11.8 Å². The summed E-state index contributed by atoms with van der Waals surface area (Å²) in [6, 6.07) is 10.4. The van der Waals surface area contributed by atoms with Gasteiger partial charge in [0.15, 0.2) is 0 Å². The smallest absolute Gasteiger partial charge is 0.141 e. The van der Waals surface area contributed by atoms with Crippen LogP contribution in [0.1, 0.15) is 17.2 Å². The Balaban J connectivity index is 2.32. The van der Waals surface area contributed by atoms with Gasteiger partial charge in [0.05, 0.1) is 6.20 Å². The van der Waals surface area contributed by atoms with Crippen LogP contribution in [0.15, 0.2) is 48.8 Å². The molecule has 1 aromatic heterocycles. The topological polar surface area (TPSA) is 33.1 Å². The van der Waals surface area contributed by atoms with Crippen molar-refractivity contribution < 1.29 is 9.50 Å². The van der Waals surface area contributed by atoms with Crippen molar-refractivity contribution in [3.05, 3.63) is 65.7 Å². The van der Waals surface area contributed by atoms with E-state index in [-0.39, 0.29) is 0 Å². The number of nitrogens with zero attached hydrogens (tertiary/aromatic N) is 1. The van der Waals surface area contributed by atoms with Crippen molar-refractivity contribution in [2.24, 2.45) is 0 Å². The van der Waals surface area contributed by atoms with E-state index in [0.29, 0.717) is 5.56 Å². The highest BCUT2D eigenvalue weighted by atomic mass is 19.1. The van der Waals surface area contributed by atoms with Gasteiger partial charge in [-0.1, -0.05) is 30.3 Å². The molecule has 2 aromatic rings. The molecule has 0 aliphatic heterocycles. The summed E-state index contributed by atoms with van der Waals surface area (Å²) in [5, 5.41) is 9.91. The average molecular weight is 203 g/mol. The number of rotatable bonds is 2. The summed E-state index contributed by atoms with van der Waals surface area (Å²) in [7, 11) is 0. The Hall–Kier alpha value is -1.74. The molecule has 1 atom stereocenters. The summed E-state index contributed by atoms with van der Waals surface area (Å²) in [6.45, 7) is 0. The maximum absolute atomic E-state index is 12.9. The molecular formula is C12H10FNO. The second kappa shape index (κ2) is 4.19. The second-order valence-electron chi connectivity index (χ2n) is 3.25. The zero-order valence-corrected chi connectivity index (χ0v) is 7.97. The molecule has 1 unspecified atom stereocenters. The average Bonchev–Trinajstić information content (AvgIpc) is 2.29. The molecule has 1 N–H and O–H groups in total. The monoisotopic (exact) mass is 203 g/mol. The summed E-state index contributed by atoms with van der Waals surface area (Å²) in [6.07, 6.45) is 1.75. The summed E-state index contributed by atoms with van der Waals surface area (Å²) in [5.74, 6) is -0.442. The number of halogens is 1. The minimum Gasteiger partial charge on any atom is -0.384 e. The minimum absolute atomic E-state index is 0.442. The predicted octanol–water partition coefficient (Wildman–Crippen LogP) is 2.30. The molecule has 0 saturated heterocycles. The highest BCUT2D eigenvalue weighted by Gasteiger charge is 2.10. The highest BCUT2D eigenvalue weighted by Crippen LogP contribution is 2.20. The fourth-order valence-corrected chi connectivity index (χ4v) is 1.41. The minimum atomic E-state index is -0.825. The van der Waals surface area contributed by atoms with Crippen molar-refractivity contribution in [3.63, 3.8) is 0 Å². The molecule has 15 heavy (non-hydrogen) atoms. The summed E-state index contributed by atoms with van der Waals surface area (Å²) >= 11 is 0. The first-order valence-electron chi connectivity index (χ1n) is 4.61. The molecule has 0 fully saturated rings. The summed E-state index contributed by atoms with van der Waals surface area (Å²) in [4.78, 5) is 3.70. The number of benzene rings is 1. The van der Waals surface area contributed by atoms with Gasteiger partial charge >= 0.3 is 0 Å². The van der Waals surface area contributed by atoms with Crippen LogP contribution in [0.25, 0.3) is 0 Å². The fraction of sp³-hybridized carbons (Fsp3) is 0.0833. The Morgan fingerprint density at radius 3 is 2.47 bits per heavy atom. The van der Waals surface area contributed by atoms with Crippen LogP contribution in [0.2, 0.25) is 0 Å². The van der Waals surface area contributed by atoms with E-state index < -0.39 is 11.9 Å². The van der Waals surface area contributed by atoms with Gasteiger partial charge < -0.3 is 5.11 Å². The summed E-state index contributed by atoms with van der Waals surface area (Å²) in [5.41, 5.74) is 1.19. The van der Waals surface area contributed by atoms with E-state index in [2.05, 4.69) is 4.98 Å². The fourth-order valence-electron chi connectivity index (χ4n) is 1.41. The molecule has 0 aliphatic rings. The van der Waals surface area contributed by atoms with E-state index in [9.17, 15) is 9.50 Å². The van der Waals surface area contributed by atoms with Gasteiger partial charge in [0.2, 0.25) is 0 Å². The van der Waals surface area contributed by atoms with E-state index in [1.807, 2.05) is 18.2 Å². The number of aromatic nitrogens is 1. The number of aliphatic hydroxyl groups is 1. The molecular weight excluding hydrogens is 193 g/mol. The van der Waals surface area contributed by atoms with E-state index in [1.54, 1.807) is 12.1 Å². The first-order valence-corrected chi connectivity index (χ1v) is 4.61. The van der Waals surface area contributed by atoms with Gasteiger partial charge in [0.1, 0.15) is 11.9 Å². The van der Waals surface area contributed by atoms with E-state index in [1.165, 1.54) is 12.3 Å². The van der Waals surface area contributed by atoms with Crippen molar-refractivity contribution in [1.29, 1.82) is 0 Å². The van der Waals surface area contributed by atoms with Crippen LogP contribution >= 0.6 is 0 Å². The molecule has 0 bridgehead atoms. The number of pyridine rings is 1. The van der Waals surface area contributed by atoms with Gasteiger partial charge in [-0.25, -0.2) is 4.39 Å². The lowest BCUT2D eigenvalue weighted by Gasteiger charge is -2.10. The van der Waals surface area contributed by atoms with Crippen LogP contribution in [0, 0.1) is 5.82 Å². The Labute approximate surface area is 87.0 Å². The zero-order chi connectivity index (χ0) is 10.7. The molecule has 2 nitrogen and oxygen atoms in total. The van der Waals surface area contributed by atoms with Crippen molar-refractivity contribution >= 4 is 0 Å². The standard InChI is InChI=1S/C12H10FNO/c13-11-6-10(7-14-8-11)12(15)9-4-2-1-3-5-9/h1-8,12,15H. The van der Waals surface area contributed by atoms with Crippen LogP contribution in [0.3, 0.4) is 0 Å². The number of hydrogen-bond donors (Lipinski definition) is 1. The van der Waals surface area contributed by atoms with Crippen LogP contribution in [-0.2, 0) is 0 Å². The molecule has 1 aromatic carbocycles. The highest BCUT2D eigenvalue weighted by molar-refractivity contribution is 5.27. The Morgan fingerprint density at radius 1 is 1.07 bits per heavy atom. The van der Waals surface area contributed by atoms with Crippen LogP contribution < -0.4 is 0 Å². The van der Waals surface area contributed by atoms with Gasteiger partial charge in [-0.15, -0.1) is 0 Å². The third kappa shape index (κ3) is 2.19. The molecule has 0 spiro atoms. The zero-order valence-electron chi connectivity index (χ0n) is 7.97. The van der Waals surface area contributed by atoms with E-state index in [4.69, 9.17) is 0 Å².